The maximum atomic E-state index is 12.9. The minimum absolute atomic E-state index is 0. The molecule has 3 rings (SSSR count). The Morgan fingerprint density at radius 3 is 2.07 bits per heavy atom. The Morgan fingerprint density at radius 2 is 1.53 bits per heavy atom. The van der Waals surface area contributed by atoms with E-state index in [4.69, 9.17) is 0 Å². The molecule has 2 heterocycles. The predicted molar refractivity (Wildman–Crippen MR) is 96.9 cm³/mol. The summed E-state index contributed by atoms with van der Waals surface area (Å²) >= 11 is 0. The number of alkyl halides is 6. The van der Waals surface area contributed by atoms with Crippen LogP contribution in [-0.4, -0.2) is 20.9 Å². The summed E-state index contributed by atoms with van der Waals surface area (Å²) in [6.07, 6.45) is -5.84. The number of hydrogen-bond donors (Lipinski definition) is 1. The van der Waals surface area contributed by atoms with Crippen molar-refractivity contribution in [3.05, 3.63) is 71.7 Å². The van der Waals surface area contributed by atoms with Crippen LogP contribution in [0.1, 0.15) is 21.5 Å². The third-order valence-corrected chi connectivity index (χ3v) is 3.69. The lowest BCUT2D eigenvalue weighted by Crippen LogP contribution is -2.18. The van der Waals surface area contributed by atoms with Gasteiger partial charge < -0.3 is 0 Å². The molecule has 3 aromatic rings. The van der Waals surface area contributed by atoms with Gasteiger partial charge in [-0.1, -0.05) is 0 Å². The minimum Gasteiger partial charge on any atom is -0.290 e. The maximum absolute atomic E-state index is 12.9. The molecule has 0 saturated heterocycles. The molecule has 0 aliphatic heterocycles. The first-order valence-corrected chi connectivity index (χ1v) is 7.88. The topological polar surface area (TPSA) is 67.8 Å². The molecular formula is C18H11ClF6N4O. The van der Waals surface area contributed by atoms with Crippen LogP contribution in [0.15, 0.2) is 55.0 Å². The van der Waals surface area contributed by atoms with Gasteiger partial charge in [-0.05, 0) is 36.4 Å². The second kappa shape index (κ2) is 8.66. The van der Waals surface area contributed by atoms with Crippen LogP contribution in [0.2, 0.25) is 0 Å². The molecule has 5 nitrogen and oxygen atoms in total. The van der Waals surface area contributed by atoms with Crippen molar-refractivity contribution in [2.24, 2.45) is 0 Å². The van der Waals surface area contributed by atoms with Crippen LogP contribution >= 0.6 is 12.4 Å². The summed E-state index contributed by atoms with van der Waals surface area (Å²) in [7, 11) is 0. The molecular weight excluding hydrogens is 438 g/mol. The van der Waals surface area contributed by atoms with Crippen LogP contribution in [-0.2, 0) is 12.4 Å². The summed E-state index contributed by atoms with van der Waals surface area (Å²) in [5.41, 5.74) is -3.10. The number of anilines is 1. The summed E-state index contributed by atoms with van der Waals surface area (Å²) in [5, 5.41) is 2.11. The van der Waals surface area contributed by atoms with Gasteiger partial charge in [-0.15, -0.1) is 12.4 Å². The molecule has 0 aliphatic rings. The van der Waals surface area contributed by atoms with Crippen molar-refractivity contribution in [2.75, 3.05) is 5.32 Å². The fraction of sp³-hybridized carbons (Fsp3) is 0.111. The fourth-order valence-electron chi connectivity index (χ4n) is 2.35. The molecule has 12 heteroatoms. The Morgan fingerprint density at radius 1 is 0.900 bits per heavy atom. The van der Waals surface area contributed by atoms with E-state index in [2.05, 4.69) is 20.3 Å². The Kier molecular flexibility index (Phi) is 6.66. The molecule has 0 atom stereocenters. The highest BCUT2D eigenvalue weighted by molar-refractivity contribution is 6.03. The molecule has 1 amide bonds. The molecule has 0 unspecified atom stereocenters. The van der Waals surface area contributed by atoms with Crippen molar-refractivity contribution in [3.63, 3.8) is 0 Å². The molecule has 158 valence electrons. The third kappa shape index (κ3) is 5.44. The van der Waals surface area contributed by atoms with Gasteiger partial charge >= 0.3 is 12.4 Å². The summed E-state index contributed by atoms with van der Waals surface area (Å²) < 4.78 is 77.6. The van der Waals surface area contributed by atoms with E-state index in [1.54, 1.807) is 12.1 Å². The highest BCUT2D eigenvalue weighted by Gasteiger charge is 2.37. The van der Waals surface area contributed by atoms with Crippen LogP contribution < -0.4 is 5.32 Å². The van der Waals surface area contributed by atoms with E-state index in [0.29, 0.717) is 23.4 Å². The van der Waals surface area contributed by atoms with Gasteiger partial charge in [0.1, 0.15) is 0 Å². The van der Waals surface area contributed by atoms with E-state index in [-0.39, 0.29) is 24.4 Å². The van der Waals surface area contributed by atoms with Crippen molar-refractivity contribution in [1.82, 2.24) is 15.0 Å². The molecule has 30 heavy (non-hydrogen) atoms. The van der Waals surface area contributed by atoms with Crippen LogP contribution in [0.5, 0.6) is 0 Å². The zero-order valence-electron chi connectivity index (χ0n) is 14.6. The first-order valence-electron chi connectivity index (χ1n) is 7.88. The summed E-state index contributed by atoms with van der Waals surface area (Å²) in [6, 6.07) is 5.40. The summed E-state index contributed by atoms with van der Waals surface area (Å²) in [6.45, 7) is 0. The Hall–Kier alpha value is -3.21. The van der Waals surface area contributed by atoms with E-state index in [1.165, 1.54) is 24.7 Å². The van der Waals surface area contributed by atoms with E-state index in [0.717, 1.165) is 0 Å². The van der Waals surface area contributed by atoms with Crippen molar-refractivity contribution in [1.29, 1.82) is 0 Å². The van der Waals surface area contributed by atoms with Gasteiger partial charge in [-0.25, -0.2) is 9.97 Å². The number of pyridine rings is 1. The van der Waals surface area contributed by atoms with Crippen LogP contribution in [0.25, 0.3) is 11.3 Å². The molecule has 0 spiro atoms. The highest BCUT2D eigenvalue weighted by atomic mass is 35.5. The van der Waals surface area contributed by atoms with E-state index < -0.39 is 35.0 Å². The number of benzene rings is 1. The highest BCUT2D eigenvalue weighted by Crippen LogP contribution is 2.36. The average molecular weight is 449 g/mol. The number of aromatic nitrogens is 3. The first-order chi connectivity index (χ1) is 13.5. The van der Waals surface area contributed by atoms with Crippen LogP contribution in [0.3, 0.4) is 0 Å². The zero-order valence-corrected chi connectivity index (χ0v) is 15.4. The Bertz CT molecular complexity index is 1010. The first kappa shape index (κ1) is 23.1. The quantitative estimate of drug-likeness (QED) is 0.556. The SMILES string of the molecule is Cl.O=C(Nc1nccc(-c2cccnc2)n1)c1cc(C(F)(F)F)cc(C(F)(F)F)c1. The van der Waals surface area contributed by atoms with E-state index >= 15 is 0 Å². The molecule has 0 radical (unpaired) electrons. The molecule has 0 fully saturated rings. The standard InChI is InChI=1S/C18H10F6N4O.ClH/c19-17(20,21)12-6-11(7-13(8-12)18(22,23)24)15(29)28-16-26-5-3-14(27-16)10-2-1-4-25-9-10;/h1-9H,(H,26,27,28,29);1H. The smallest absolute Gasteiger partial charge is 0.290 e. The Balaban J connectivity index is 0.00000320. The summed E-state index contributed by atoms with van der Waals surface area (Å²) in [5.74, 6) is -1.51. The van der Waals surface area contributed by atoms with Gasteiger partial charge in [0.2, 0.25) is 5.95 Å². The second-order valence-electron chi connectivity index (χ2n) is 5.76. The summed E-state index contributed by atoms with van der Waals surface area (Å²) in [4.78, 5) is 24.0. The van der Waals surface area contributed by atoms with Gasteiger partial charge in [0.05, 0.1) is 16.8 Å². The average Bonchev–Trinajstić information content (AvgIpc) is 2.67. The minimum atomic E-state index is -5.06. The van der Waals surface area contributed by atoms with E-state index in [1.807, 2.05) is 0 Å². The third-order valence-electron chi connectivity index (χ3n) is 3.69. The molecule has 0 bridgehead atoms. The van der Waals surface area contributed by atoms with Crippen molar-refractivity contribution < 1.29 is 31.1 Å². The van der Waals surface area contributed by atoms with Crippen molar-refractivity contribution in [3.8, 4) is 11.3 Å². The fourth-order valence-corrected chi connectivity index (χ4v) is 2.35. The Labute approximate surface area is 171 Å². The normalized spacial score (nSPS) is 11.5. The molecule has 1 aromatic carbocycles. The van der Waals surface area contributed by atoms with Gasteiger partial charge in [-0.3, -0.25) is 15.1 Å². The van der Waals surface area contributed by atoms with Crippen molar-refractivity contribution in [2.45, 2.75) is 12.4 Å². The van der Waals surface area contributed by atoms with Crippen molar-refractivity contribution >= 4 is 24.3 Å². The van der Waals surface area contributed by atoms with Gasteiger partial charge in [0, 0.05) is 29.7 Å². The molecule has 1 N–H and O–H groups in total. The number of hydrogen-bond acceptors (Lipinski definition) is 4. The number of nitrogens with zero attached hydrogens (tertiary/aromatic N) is 3. The van der Waals surface area contributed by atoms with Crippen LogP contribution in [0.4, 0.5) is 32.3 Å². The number of amides is 1. The molecule has 0 aliphatic carbocycles. The monoisotopic (exact) mass is 448 g/mol. The largest absolute Gasteiger partial charge is 0.416 e. The van der Waals surface area contributed by atoms with Gasteiger partial charge in [0.15, 0.2) is 0 Å². The molecule has 2 aromatic heterocycles. The predicted octanol–water partition coefficient (Wildman–Crippen LogP) is 5.25. The molecule has 0 saturated carbocycles. The number of carbonyl (C=O) groups excluding carboxylic acids is 1. The maximum Gasteiger partial charge on any atom is 0.416 e. The lowest BCUT2D eigenvalue weighted by atomic mass is 10.0. The number of nitrogens with one attached hydrogen (secondary N) is 1. The van der Waals surface area contributed by atoms with Gasteiger partial charge in [-0.2, -0.15) is 26.3 Å². The number of carbonyl (C=O) groups is 1. The second-order valence-corrected chi connectivity index (χ2v) is 5.76. The number of halogens is 7. The lowest BCUT2D eigenvalue weighted by Gasteiger charge is -2.14. The van der Waals surface area contributed by atoms with E-state index in [9.17, 15) is 31.1 Å². The zero-order chi connectivity index (χ0) is 21.2. The number of rotatable bonds is 3. The van der Waals surface area contributed by atoms with Gasteiger partial charge in [0.25, 0.3) is 5.91 Å². The lowest BCUT2D eigenvalue weighted by molar-refractivity contribution is -0.143. The van der Waals surface area contributed by atoms with Crippen LogP contribution in [0, 0.1) is 0 Å².